The SMILES string of the molecule is Cc1ccc2c(I)c[nH]c(=O)c2n1. The molecule has 0 atom stereocenters. The number of aromatic amines is 1. The molecule has 0 saturated carbocycles. The van der Waals surface area contributed by atoms with E-state index in [1.807, 2.05) is 19.1 Å². The summed E-state index contributed by atoms with van der Waals surface area (Å²) < 4.78 is 1.01. The molecule has 0 aliphatic rings. The molecule has 3 nitrogen and oxygen atoms in total. The lowest BCUT2D eigenvalue weighted by molar-refractivity contribution is 1.19. The van der Waals surface area contributed by atoms with Gasteiger partial charge in [-0.2, -0.15) is 0 Å². The van der Waals surface area contributed by atoms with Gasteiger partial charge in [0.1, 0.15) is 5.52 Å². The maximum Gasteiger partial charge on any atom is 0.274 e. The molecule has 0 radical (unpaired) electrons. The lowest BCUT2D eigenvalue weighted by atomic mass is 10.2. The third-order valence-electron chi connectivity index (χ3n) is 1.84. The monoisotopic (exact) mass is 286 g/mol. The zero-order valence-corrected chi connectivity index (χ0v) is 9.12. The van der Waals surface area contributed by atoms with Gasteiger partial charge in [0.15, 0.2) is 0 Å². The molecule has 4 heteroatoms. The standard InChI is InChI=1S/C9H7IN2O/c1-5-2-3-6-7(10)4-11-9(13)8(6)12-5/h2-4H,1H3,(H,11,13). The number of nitrogens with one attached hydrogen (secondary N) is 1. The summed E-state index contributed by atoms with van der Waals surface area (Å²) in [6.07, 6.45) is 1.70. The number of rotatable bonds is 0. The minimum atomic E-state index is -0.126. The maximum atomic E-state index is 11.4. The van der Waals surface area contributed by atoms with Gasteiger partial charge in [-0.3, -0.25) is 4.79 Å². The minimum Gasteiger partial charge on any atom is -0.326 e. The summed E-state index contributed by atoms with van der Waals surface area (Å²) in [5.74, 6) is 0. The van der Waals surface area contributed by atoms with E-state index in [-0.39, 0.29) is 5.56 Å². The molecule has 0 aromatic carbocycles. The van der Waals surface area contributed by atoms with Crippen molar-refractivity contribution in [1.29, 1.82) is 0 Å². The molecule has 0 bridgehead atoms. The molecule has 0 unspecified atom stereocenters. The first-order valence-corrected chi connectivity index (χ1v) is 4.91. The maximum absolute atomic E-state index is 11.4. The van der Waals surface area contributed by atoms with Gasteiger partial charge >= 0.3 is 0 Å². The number of pyridine rings is 2. The summed E-state index contributed by atoms with van der Waals surface area (Å²) >= 11 is 2.18. The van der Waals surface area contributed by atoms with Crippen LogP contribution in [0, 0.1) is 10.5 Å². The van der Waals surface area contributed by atoms with Crippen LogP contribution in [0.4, 0.5) is 0 Å². The number of H-pyrrole nitrogens is 1. The second kappa shape index (κ2) is 3.10. The Bertz CT molecular complexity index is 518. The fourth-order valence-corrected chi connectivity index (χ4v) is 1.79. The van der Waals surface area contributed by atoms with Crippen LogP contribution >= 0.6 is 22.6 Å². The van der Waals surface area contributed by atoms with Crippen LogP contribution in [-0.4, -0.2) is 9.97 Å². The van der Waals surface area contributed by atoms with Gasteiger partial charge < -0.3 is 4.98 Å². The highest BCUT2D eigenvalue weighted by Crippen LogP contribution is 2.14. The third-order valence-corrected chi connectivity index (χ3v) is 2.73. The summed E-state index contributed by atoms with van der Waals surface area (Å²) in [4.78, 5) is 18.2. The number of halogens is 1. The number of nitrogens with zero attached hydrogens (tertiary/aromatic N) is 1. The van der Waals surface area contributed by atoms with E-state index in [1.165, 1.54) is 0 Å². The Kier molecular flexibility index (Phi) is 2.07. The van der Waals surface area contributed by atoms with Crippen molar-refractivity contribution in [3.63, 3.8) is 0 Å². The van der Waals surface area contributed by atoms with Crippen molar-refractivity contribution in [1.82, 2.24) is 9.97 Å². The van der Waals surface area contributed by atoms with Gasteiger partial charge in [-0.05, 0) is 41.6 Å². The van der Waals surface area contributed by atoms with Gasteiger partial charge in [0.25, 0.3) is 5.56 Å². The Hall–Kier alpha value is -0.910. The highest BCUT2D eigenvalue weighted by atomic mass is 127. The van der Waals surface area contributed by atoms with Gasteiger partial charge in [0.05, 0.1) is 0 Å². The quantitative estimate of drug-likeness (QED) is 0.751. The molecule has 2 heterocycles. The molecule has 0 fully saturated rings. The highest BCUT2D eigenvalue weighted by Gasteiger charge is 2.02. The third kappa shape index (κ3) is 1.46. The van der Waals surface area contributed by atoms with E-state index < -0.39 is 0 Å². The molecule has 0 saturated heterocycles. The molecular formula is C9H7IN2O. The van der Waals surface area contributed by atoms with Crippen LogP contribution in [0.15, 0.2) is 23.1 Å². The first-order chi connectivity index (χ1) is 6.18. The van der Waals surface area contributed by atoms with E-state index >= 15 is 0 Å². The molecule has 0 amide bonds. The summed E-state index contributed by atoms with van der Waals surface area (Å²) in [6.45, 7) is 1.87. The van der Waals surface area contributed by atoms with Crippen LogP contribution in [0.25, 0.3) is 10.9 Å². The number of hydrogen-bond acceptors (Lipinski definition) is 2. The van der Waals surface area contributed by atoms with Gasteiger partial charge in [0.2, 0.25) is 0 Å². The number of aromatic nitrogens is 2. The van der Waals surface area contributed by atoms with E-state index in [4.69, 9.17) is 0 Å². The van der Waals surface area contributed by atoms with Crippen LogP contribution in [-0.2, 0) is 0 Å². The largest absolute Gasteiger partial charge is 0.326 e. The molecule has 0 aliphatic carbocycles. The first-order valence-electron chi connectivity index (χ1n) is 3.83. The van der Waals surface area contributed by atoms with E-state index in [0.29, 0.717) is 5.52 Å². The lowest BCUT2D eigenvalue weighted by Crippen LogP contribution is -2.08. The summed E-state index contributed by atoms with van der Waals surface area (Å²) in [7, 11) is 0. The van der Waals surface area contributed by atoms with Gasteiger partial charge in [0, 0.05) is 20.8 Å². The first kappa shape index (κ1) is 8.68. The van der Waals surface area contributed by atoms with Gasteiger partial charge in [-0.25, -0.2) is 4.98 Å². The van der Waals surface area contributed by atoms with Crippen molar-refractivity contribution < 1.29 is 0 Å². The fraction of sp³-hybridized carbons (Fsp3) is 0.111. The summed E-state index contributed by atoms with van der Waals surface area (Å²) in [6, 6.07) is 3.83. The van der Waals surface area contributed by atoms with Crippen LogP contribution in [0.5, 0.6) is 0 Å². The Balaban J connectivity index is 3.01. The summed E-state index contributed by atoms with van der Waals surface area (Å²) in [5.41, 5.74) is 1.26. The van der Waals surface area contributed by atoms with E-state index in [2.05, 4.69) is 32.6 Å². The Morgan fingerprint density at radius 3 is 3.00 bits per heavy atom. The highest BCUT2D eigenvalue weighted by molar-refractivity contribution is 14.1. The lowest BCUT2D eigenvalue weighted by Gasteiger charge is -1.99. The van der Waals surface area contributed by atoms with Crippen molar-refractivity contribution in [3.8, 4) is 0 Å². The summed E-state index contributed by atoms with van der Waals surface area (Å²) in [5, 5.41) is 0.912. The van der Waals surface area contributed by atoms with Crippen molar-refractivity contribution in [2.24, 2.45) is 0 Å². The van der Waals surface area contributed by atoms with Crippen LogP contribution in [0.3, 0.4) is 0 Å². The second-order valence-corrected chi connectivity index (χ2v) is 3.98. The normalized spacial score (nSPS) is 10.6. The Morgan fingerprint density at radius 2 is 2.23 bits per heavy atom. The minimum absolute atomic E-state index is 0.126. The predicted octanol–water partition coefficient (Wildman–Crippen LogP) is 1.84. The molecule has 2 aromatic rings. The zero-order valence-electron chi connectivity index (χ0n) is 6.97. The number of fused-ring (bicyclic) bond motifs is 1. The van der Waals surface area contributed by atoms with Crippen LogP contribution < -0.4 is 5.56 Å². The molecule has 2 rings (SSSR count). The van der Waals surface area contributed by atoms with Crippen LogP contribution in [0.1, 0.15) is 5.69 Å². The number of aryl methyl sites for hydroxylation is 1. The average molecular weight is 286 g/mol. The van der Waals surface area contributed by atoms with E-state index in [1.54, 1.807) is 6.20 Å². The smallest absolute Gasteiger partial charge is 0.274 e. The van der Waals surface area contributed by atoms with Crippen LogP contribution in [0.2, 0.25) is 0 Å². The number of hydrogen-bond donors (Lipinski definition) is 1. The van der Waals surface area contributed by atoms with Crippen molar-refractivity contribution in [2.75, 3.05) is 0 Å². The predicted molar refractivity (Wildman–Crippen MR) is 59.8 cm³/mol. The molecular weight excluding hydrogens is 279 g/mol. The molecule has 1 N–H and O–H groups in total. The van der Waals surface area contributed by atoms with E-state index in [0.717, 1.165) is 14.7 Å². The second-order valence-electron chi connectivity index (χ2n) is 2.81. The molecule has 0 aliphatic heterocycles. The van der Waals surface area contributed by atoms with Gasteiger partial charge in [-0.15, -0.1) is 0 Å². The Labute approximate surface area is 88.3 Å². The zero-order chi connectivity index (χ0) is 9.42. The van der Waals surface area contributed by atoms with Crippen molar-refractivity contribution in [3.05, 3.63) is 37.9 Å². The van der Waals surface area contributed by atoms with Gasteiger partial charge in [-0.1, -0.05) is 0 Å². The fourth-order valence-electron chi connectivity index (χ4n) is 1.20. The molecule has 2 aromatic heterocycles. The van der Waals surface area contributed by atoms with E-state index in [9.17, 15) is 4.79 Å². The average Bonchev–Trinajstić information content (AvgIpc) is 2.12. The topological polar surface area (TPSA) is 45.8 Å². The molecule has 13 heavy (non-hydrogen) atoms. The molecule has 66 valence electrons. The Morgan fingerprint density at radius 1 is 1.46 bits per heavy atom. The van der Waals surface area contributed by atoms with Crippen molar-refractivity contribution in [2.45, 2.75) is 6.92 Å². The molecule has 0 spiro atoms. The van der Waals surface area contributed by atoms with Crippen molar-refractivity contribution >= 4 is 33.5 Å².